The molecule has 6 atom stereocenters. The number of hydrogen-bond acceptors (Lipinski definition) is 8. The molecule has 0 aliphatic heterocycles. The SMILES string of the molecule is CC(C)CC(NC(=O)C(NC(=O)C(CC(=O)O)NC(=O)C(N)C(C)O)C(C)O)C(=O)O. The van der Waals surface area contributed by atoms with Crippen LogP contribution in [0.2, 0.25) is 0 Å². The third-order valence-corrected chi connectivity index (χ3v) is 4.22. The largest absolute Gasteiger partial charge is 0.481 e. The number of nitrogens with one attached hydrogen (secondary N) is 3. The summed E-state index contributed by atoms with van der Waals surface area (Å²) in [6, 6.07) is -6.01. The Morgan fingerprint density at radius 2 is 1.29 bits per heavy atom. The van der Waals surface area contributed by atoms with Crippen LogP contribution in [-0.2, 0) is 24.0 Å². The molecule has 0 aromatic rings. The molecule has 0 bridgehead atoms. The highest BCUT2D eigenvalue weighted by atomic mass is 16.4. The lowest BCUT2D eigenvalue weighted by Gasteiger charge is -2.26. The minimum Gasteiger partial charge on any atom is -0.481 e. The number of aliphatic hydroxyl groups excluding tert-OH is 2. The van der Waals surface area contributed by atoms with Crippen LogP contribution in [0, 0.1) is 5.92 Å². The fourth-order valence-electron chi connectivity index (χ4n) is 2.48. The van der Waals surface area contributed by atoms with Crippen molar-refractivity contribution >= 4 is 29.7 Å². The first-order valence-electron chi connectivity index (χ1n) is 9.64. The summed E-state index contributed by atoms with van der Waals surface area (Å²) in [6.07, 6.45) is -3.53. The van der Waals surface area contributed by atoms with Gasteiger partial charge in [-0.3, -0.25) is 19.2 Å². The van der Waals surface area contributed by atoms with E-state index in [0.29, 0.717) is 0 Å². The Hall–Kier alpha value is -2.77. The number of rotatable bonds is 13. The maximum atomic E-state index is 12.5. The normalized spacial score (nSPS) is 16.9. The number of hydrogen-bond donors (Lipinski definition) is 8. The van der Waals surface area contributed by atoms with Gasteiger partial charge in [0, 0.05) is 0 Å². The maximum absolute atomic E-state index is 12.5. The molecule has 0 spiro atoms. The van der Waals surface area contributed by atoms with Gasteiger partial charge in [0.15, 0.2) is 0 Å². The van der Waals surface area contributed by atoms with Gasteiger partial charge < -0.3 is 42.1 Å². The molecule has 6 unspecified atom stereocenters. The minimum atomic E-state index is -1.67. The number of aliphatic carboxylic acids is 2. The number of nitrogens with two attached hydrogens (primary N) is 1. The Bertz CT molecular complexity index is 666. The average Bonchev–Trinajstić information content (AvgIpc) is 2.62. The molecule has 0 saturated heterocycles. The van der Waals surface area contributed by atoms with Crippen LogP contribution in [0.15, 0.2) is 0 Å². The predicted octanol–water partition coefficient (Wildman–Crippen LogP) is -2.86. The Balaban J connectivity index is 5.46. The van der Waals surface area contributed by atoms with E-state index in [2.05, 4.69) is 16.0 Å². The predicted molar refractivity (Wildman–Crippen MR) is 106 cm³/mol. The standard InChI is InChI=1S/C18H32N4O9/c1-7(2)5-11(18(30)31)21-17(29)14(9(4)24)22-15(27)10(6-12(25)26)20-16(28)13(19)8(3)23/h7-11,13-14,23-24H,5-6,19H2,1-4H3,(H,20,28)(H,21,29)(H,22,27)(H,25,26)(H,30,31). The summed E-state index contributed by atoms with van der Waals surface area (Å²) in [5.41, 5.74) is 5.46. The van der Waals surface area contributed by atoms with Crippen molar-refractivity contribution in [1.29, 1.82) is 0 Å². The highest BCUT2D eigenvalue weighted by Crippen LogP contribution is 2.07. The van der Waals surface area contributed by atoms with E-state index in [4.69, 9.17) is 10.8 Å². The fourth-order valence-corrected chi connectivity index (χ4v) is 2.48. The first kappa shape index (κ1) is 28.2. The van der Waals surface area contributed by atoms with E-state index in [0.717, 1.165) is 6.92 Å². The van der Waals surface area contributed by atoms with Crippen molar-refractivity contribution < 1.29 is 44.4 Å². The second-order valence-electron chi connectivity index (χ2n) is 7.68. The molecule has 0 aromatic heterocycles. The zero-order valence-electron chi connectivity index (χ0n) is 17.9. The number of carboxylic acid groups (broad SMARTS) is 2. The van der Waals surface area contributed by atoms with E-state index in [9.17, 15) is 39.3 Å². The van der Waals surface area contributed by atoms with Gasteiger partial charge in [-0.05, 0) is 26.2 Å². The summed E-state index contributed by atoms with van der Waals surface area (Å²) in [5, 5.41) is 43.9. The molecule has 0 aliphatic rings. The molecule has 3 amide bonds. The van der Waals surface area contributed by atoms with Gasteiger partial charge in [0.25, 0.3) is 0 Å². The molecule has 0 radical (unpaired) electrons. The molecule has 13 heteroatoms. The Morgan fingerprint density at radius 1 is 0.774 bits per heavy atom. The van der Waals surface area contributed by atoms with E-state index in [1.54, 1.807) is 13.8 Å². The van der Waals surface area contributed by atoms with Gasteiger partial charge in [-0.1, -0.05) is 13.8 Å². The van der Waals surface area contributed by atoms with E-state index in [-0.39, 0.29) is 12.3 Å². The molecule has 31 heavy (non-hydrogen) atoms. The lowest BCUT2D eigenvalue weighted by atomic mass is 10.0. The summed E-state index contributed by atoms with van der Waals surface area (Å²) < 4.78 is 0. The zero-order valence-corrected chi connectivity index (χ0v) is 17.9. The molecular weight excluding hydrogens is 416 g/mol. The van der Waals surface area contributed by atoms with Crippen LogP contribution >= 0.6 is 0 Å². The highest BCUT2D eigenvalue weighted by molar-refractivity contribution is 5.95. The van der Waals surface area contributed by atoms with Gasteiger partial charge in [-0.25, -0.2) is 4.79 Å². The van der Waals surface area contributed by atoms with Crippen LogP contribution in [0.1, 0.15) is 40.5 Å². The maximum Gasteiger partial charge on any atom is 0.326 e. The van der Waals surface area contributed by atoms with E-state index < -0.39 is 72.5 Å². The summed E-state index contributed by atoms with van der Waals surface area (Å²) in [6.45, 7) is 5.87. The van der Waals surface area contributed by atoms with Gasteiger partial charge in [-0.15, -0.1) is 0 Å². The fraction of sp³-hybridized carbons (Fsp3) is 0.722. The molecule has 13 nitrogen and oxygen atoms in total. The van der Waals surface area contributed by atoms with Crippen molar-refractivity contribution in [3.63, 3.8) is 0 Å². The highest BCUT2D eigenvalue weighted by Gasteiger charge is 2.34. The first-order chi connectivity index (χ1) is 14.2. The molecule has 178 valence electrons. The second-order valence-corrected chi connectivity index (χ2v) is 7.68. The lowest BCUT2D eigenvalue weighted by Crippen LogP contribution is -2.60. The summed E-state index contributed by atoms with van der Waals surface area (Å²) in [4.78, 5) is 59.4. The van der Waals surface area contributed by atoms with Gasteiger partial charge in [-0.2, -0.15) is 0 Å². The van der Waals surface area contributed by atoms with E-state index in [1.807, 2.05) is 0 Å². The number of carbonyl (C=O) groups is 5. The van der Waals surface area contributed by atoms with E-state index in [1.165, 1.54) is 6.92 Å². The zero-order chi connectivity index (χ0) is 24.5. The van der Waals surface area contributed by atoms with Crippen molar-refractivity contribution in [3.8, 4) is 0 Å². The quantitative estimate of drug-likeness (QED) is 0.144. The first-order valence-corrected chi connectivity index (χ1v) is 9.64. The molecule has 0 saturated carbocycles. The Kier molecular flexibility index (Phi) is 11.7. The second kappa shape index (κ2) is 12.8. The van der Waals surface area contributed by atoms with Crippen molar-refractivity contribution in [3.05, 3.63) is 0 Å². The van der Waals surface area contributed by atoms with E-state index >= 15 is 0 Å². The molecule has 0 fully saturated rings. The molecule has 0 aromatic carbocycles. The summed E-state index contributed by atoms with van der Waals surface area (Å²) in [7, 11) is 0. The average molecular weight is 448 g/mol. The minimum absolute atomic E-state index is 0.0747. The van der Waals surface area contributed by atoms with Crippen LogP contribution in [-0.4, -0.2) is 86.5 Å². The van der Waals surface area contributed by atoms with Crippen LogP contribution < -0.4 is 21.7 Å². The molecule has 9 N–H and O–H groups in total. The van der Waals surface area contributed by atoms with Gasteiger partial charge in [0.05, 0.1) is 18.6 Å². The molecule has 0 rings (SSSR count). The monoisotopic (exact) mass is 448 g/mol. The van der Waals surface area contributed by atoms with Gasteiger partial charge in [0.2, 0.25) is 17.7 Å². The third-order valence-electron chi connectivity index (χ3n) is 4.22. The van der Waals surface area contributed by atoms with Gasteiger partial charge in [0.1, 0.15) is 24.2 Å². The van der Waals surface area contributed by atoms with Crippen molar-refractivity contribution in [2.75, 3.05) is 0 Å². The smallest absolute Gasteiger partial charge is 0.326 e. The Labute approximate surface area is 179 Å². The summed E-state index contributed by atoms with van der Waals surface area (Å²) in [5.74, 6) is -5.96. The van der Waals surface area contributed by atoms with Crippen LogP contribution in [0.5, 0.6) is 0 Å². The molecular formula is C18H32N4O9. The van der Waals surface area contributed by atoms with Crippen LogP contribution in [0.25, 0.3) is 0 Å². The molecule has 0 aliphatic carbocycles. The summed E-state index contributed by atoms with van der Waals surface area (Å²) >= 11 is 0. The number of aliphatic hydroxyl groups is 2. The third kappa shape index (κ3) is 10.2. The topological polar surface area (TPSA) is 228 Å². The number of carboxylic acids is 2. The van der Waals surface area contributed by atoms with Crippen molar-refractivity contribution in [1.82, 2.24) is 16.0 Å². The van der Waals surface area contributed by atoms with Crippen molar-refractivity contribution in [2.45, 2.75) is 76.9 Å². The van der Waals surface area contributed by atoms with Crippen LogP contribution in [0.4, 0.5) is 0 Å². The van der Waals surface area contributed by atoms with Gasteiger partial charge >= 0.3 is 11.9 Å². The number of amides is 3. The van der Waals surface area contributed by atoms with Crippen molar-refractivity contribution in [2.24, 2.45) is 11.7 Å². The van der Waals surface area contributed by atoms with Crippen LogP contribution in [0.3, 0.4) is 0 Å². The Morgan fingerprint density at radius 3 is 1.68 bits per heavy atom. The number of carbonyl (C=O) groups excluding carboxylic acids is 3. The lowest BCUT2D eigenvalue weighted by molar-refractivity contribution is -0.144. The molecule has 0 heterocycles.